The number of pyridine rings is 1. The van der Waals surface area contributed by atoms with Crippen LogP contribution in [0, 0.1) is 12.8 Å². The van der Waals surface area contributed by atoms with Crippen LogP contribution in [0.4, 0.5) is 5.69 Å². The second-order valence-electron chi connectivity index (χ2n) is 11.9. The van der Waals surface area contributed by atoms with Gasteiger partial charge in [0, 0.05) is 17.2 Å². The van der Waals surface area contributed by atoms with Gasteiger partial charge in [-0.3, -0.25) is 9.78 Å². The predicted octanol–water partition coefficient (Wildman–Crippen LogP) is 6.12. The van der Waals surface area contributed by atoms with Gasteiger partial charge in [0.25, 0.3) is 5.91 Å². The molecule has 0 spiro atoms. The lowest BCUT2D eigenvalue weighted by Crippen LogP contribution is -2.62. The van der Waals surface area contributed by atoms with Crippen LogP contribution in [-0.4, -0.2) is 26.7 Å². The standard InChI is InChI=1S/C35H36N2O3/c1-24-31(14-9-19-36-24)37-32(38)27-16-18-30-26(20-27)15-17-29-22-35(40,28-12-7-4-8-13-28)33(2,39)23-34(29,30)21-25-10-5-3-6-11-25/h3-14,16,18-20,29,39-40H,15,17,21-23H2,1-2H3,(H,37,38)/t29-,33-,34?,35-/m1/s1. The molecule has 1 unspecified atom stereocenters. The van der Waals surface area contributed by atoms with Gasteiger partial charge in [0.1, 0.15) is 5.60 Å². The summed E-state index contributed by atoms with van der Waals surface area (Å²) in [6.07, 6.45) is 5.04. The fraction of sp³-hybridized carbons (Fsp3) is 0.314. The Morgan fingerprint density at radius 2 is 1.70 bits per heavy atom. The van der Waals surface area contributed by atoms with Crippen LogP contribution in [0.25, 0.3) is 0 Å². The molecule has 0 bridgehead atoms. The van der Waals surface area contributed by atoms with Gasteiger partial charge in [0.2, 0.25) is 0 Å². The number of amides is 1. The highest BCUT2D eigenvalue weighted by Crippen LogP contribution is 2.59. The first kappa shape index (κ1) is 26.4. The van der Waals surface area contributed by atoms with Crippen molar-refractivity contribution in [1.82, 2.24) is 4.98 Å². The molecule has 3 N–H and O–H groups in total. The van der Waals surface area contributed by atoms with Crippen LogP contribution in [0.5, 0.6) is 0 Å². The van der Waals surface area contributed by atoms with Crippen LogP contribution in [0.2, 0.25) is 0 Å². The minimum Gasteiger partial charge on any atom is -0.387 e. The van der Waals surface area contributed by atoms with Crippen LogP contribution in [0.15, 0.2) is 97.2 Å². The summed E-state index contributed by atoms with van der Waals surface area (Å²) in [5, 5.41) is 27.2. The number of aliphatic hydroxyl groups is 2. The molecule has 3 aromatic carbocycles. The molecule has 4 atom stereocenters. The minimum atomic E-state index is -1.36. The monoisotopic (exact) mass is 532 g/mol. The van der Waals surface area contributed by atoms with E-state index >= 15 is 0 Å². The number of nitrogens with one attached hydrogen (secondary N) is 1. The number of aryl methyl sites for hydroxylation is 2. The number of anilines is 1. The van der Waals surface area contributed by atoms with Gasteiger partial charge in [-0.2, -0.15) is 0 Å². The van der Waals surface area contributed by atoms with Gasteiger partial charge in [0.15, 0.2) is 0 Å². The molecule has 1 heterocycles. The highest BCUT2D eigenvalue weighted by molar-refractivity contribution is 6.04. The molecule has 40 heavy (non-hydrogen) atoms. The summed E-state index contributed by atoms with van der Waals surface area (Å²) in [6.45, 7) is 3.66. The lowest BCUT2D eigenvalue weighted by molar-refractivity contribution is -0.204. The van der Waals surface area contributed by atoms with Crippen molar-refractivity contribution in [3.8, 4) is 0 Å². The largest absolute Gasteiger partial charge is 0.387 e. The van der Waals surface area contributed by atoms with Crippen LogP contribution in [0.3, 0.4) is 0 Å². The molecule has 2 aliphatic rings. The van der Waals surface area contributed by atoms with E-state index in [1.807, 2.05) is 67.6 Å². The number of fused-ring (bicyclic) bond motifs is 3. The van der Waals surface area contributed by atoms with Gasteiger partial charge in [-0.25, -0.2) is 0 Å². The number of rotatable bonds is 5. The zero-order valence-electron chi connectivity index (χ0n) is 23.1. The maximum atomic E-state index is 13.2. The SMILES string of the molecule is Cc1ncccc1NC(=O)c1ccc2c(c1)CC[C@@H]1C[C@@](O)(c3ccccc3)[C@](C)(O)CC21Cc1ccccc1. The summed E-state index contributed by atoms with van der Waals surface area (Å²) >= 11 is 0. The molecule has 1 saturated carbocycles. The molecule has 2 aliphatic carbocycles. The van der Waals surface area contributed by atoms with Crippen molar-refractivity contribution in [1.29, 1.82) is 0 Å². The van der Waals surface area contributed by atoms with Crippen molar-refractivity contribution in [2.45, 2.75) is 62.6 Å². The molecular weight excluding hydrogens is 496 g/mol. The third-order valence-electron chi connectivity index (χ3n) is 9.41. The van der Waals surface area contributed by atoms with E-state index in [-0.39, 0.29) is 17.2 Å². The smallest absolute Gasteiger partial charge is 0.255 e. The molecule has 1 fully saturated rings. The summed E-state index contributed by atoms with van der Waals surface area (Å²) in [7, 11) is 0. The number of nitrogens with zero attached hydrogens (tertiary/aromatic N) is 1. The summed E-state index contributed by atoms with van der Waals surface area (Å²) in [5.74, 6) is -0.00409. The number of carbonyl (C=O) groups excluding carboxylic acids is 1. The Balaban J connectivity index is 1.41. The fourth-order valence-electron chi connectivity index (χ4n) is 7.34. The molecule has 5 heteroatoms. The van der Waals surface area contributed by atoms with Gasteiger partial charge in [-0.05, 0) is 98.4 Å². The number of carbonyl (C=O) groups is 1. The Morgan fingerprint density at radius 1 is 0.975 bits per heavy atom. The zero-order chi connectivity index (χ0) is 28.0. The topological polar surface area (TPSA) is 82.5 Å². The van der Waals surface area contributed by atoms with Crippen molar-refractivity contribution in [3.63, 3.8) is 0 Å². The molecule has 0 aliphatic heterocycles. The molecule has 4 aromatic rings. The van der Waals surface area contributed by atoms with Gasteiger partial charge >= 0.3 is 0 Å². The van der Waals surface area contributed by atoms with Crippen LogP contribution < -0.4 is 5.32 Å². The predicted molar refractivity (Wildman–Crippen MR) is 157 cm³/mol. The molecule has 5 nitrogen and oxygen atoms in total. The first-order chi connectivity index (χ1) is 19.2. The van der Waals surface area contributed by atoms with Crippen molar-refractivity contribution in [3.05, 3.63) is 131 Å². The van der Waals surface area contributed by atoms with E-state index in [0.717, 1.165) is 36.1 Å². The van der Waals surface area contributed by atoms with Crippen LogP contribution in [-0.2, 0) is 23.9 Å². The third kappa shape index (κ3) is 4.43. The normalized spacial score (nSPS) is 27.4. The van der Waals surface area contributed by atoms with Gasteiger partial charge < -0.3 is 15.5 Å². The van der Waals surface area contributed by atoms with Gasteiger partial charge in [-0.15, -0.1) is 0 Å². The third-order valence-corrected chi connectivity index (χ3v) is 9.41. The highest BCUT2D eigenvalue weighted by Gasteiger charge is 2.61. The van der Waals surface area contributed by atoms with Crippen molar-refractivity contribution < 1.29 is 15.0 Å². The lowest BCUT2D eigenvalue weighted by atomic mass is 9.48. The van der Waals surface area contributed by atoms with E-state index in [0.29, 0.717) is 24.1 Å². The van der Waals surface area contributed by atoms with E-state index in [4.69, 9.17) is 0 Å². The van der Waals surface area contributed by atoms with Gasteiger partial charge in [0.05, 0.1) is 17.0 Å². The Labute approximate surface area is 235 Å². The second kappa shape index (κ2) is 9.99. The number of aromatic nitrogens is 1. The summed E-state index contributed by atoms with van der Waals surface area (Å²) in [6, 6.07) is 29.7. The molecular formula is C35H36N2O3. The Kier molecular flexibility index (Phi) is 6.60. The molecule has 0 radical (unpaired) electrons. The maximum absolute atomic E-state index is 13.2. The number of benzene rings is 3. The van der Waals surface area contributed by atoms with Gasteiger partial charge in [-0.1, -0.05) is 66.7 Å². The Bertz CT molecular complexity index is 1540. The number of hydrogen-bond donors (Lipinski definition) is 3. The van der Waals surface area contributed by atoms with Crippen molar-refractivity contribution in [2.75, 3.05) is 5.32 Å². The van der Waals surface area contributed by atoms with E-state index in [9.17, 15) is 15.0 Å². The molecule has 1 aromatic heterocycles. The van der Waals surface area contributed by atoms with Crippen LogP contribution in [0.1, 0.15) is 64.5 Å². The summed E-state index contributed by atoms with van der Waals surface area (Å²) in [5.41, 5.74) is 3.28. The number of hydrogen-bond acceptors (Lipinski definition) is 4. The first-order valence-electron chi connectivity index (χ1n) is 14.1. The van der Waals surface area contributed by atoms with E-state index in [2.05, 4.69) is 40.6 Å². The minimum absolute atomic E-state index is 0.156. The van der Waals surface area contributed by atoms with E-state index in [1.54, 1.807) is 13.1 Å². The van der Waals surface area contributed by atoms with E-state index < -0.39 is 11.2 Å². The lowest BCUT2D eigenvalue weighted by Gasteiger charge is -2.59. The fourth-order valence-corrected chi connectivity index (χ4v) is 7.34. The average Bonchev–Trinajstić information content (AvgIpc) is 2.96. The summed E-state index contributed by atoms with van der Waals surface area (Å²) < 4.78 is 0. The van der Waals surface area contributed by atoms with Crippen molar-refractivity contribution in [2.24, 2.45) is 5.92 Å². The Morgan fingerprint density at radius 3 is 2.42 bits per heavy atom. The summed E-state index contributed by atoms with van der Waals surface area (Å²) in [4.78, 5) is 17.5. The van der Waals surface area contributed by atoms with Crippen LogP contribution >= 0.6 is 0 Å². The quantitative estimate of drug-likeness (QED) is 0.289. The maximum Gasteiger partial charge on any atom is 0.255 e. The molecule has 204 valence electrons. The second-order valence-corrected chi connectivity index (χ2v) is 11.9. The Hall–Kier alpha value is -3.80. The zero-order valence-corrected chi connectivity index (χ0v) is 23.1. The average molecular weight is 533 g/mol. The van der Waals surface area contributed by atoms with Crippen molar-refractivity contribution >= 4 is 11.6 Å². The van der Waals surface area contributed by atoms with E-state index in [1.165, 1.54) is 11.1 Å². The molecule has 1 amide bonds. The first-order valence-corrected chi connectivity index (χ1v) is 14.1. The molecule has 6 rings (SSSR count). The highest BCUT2D eigenvalue weighted by atomic mass is 16.4. The molecule has 0 saturated heterocycles.